The molecule has 0 aliphatic rings. The maximum absolute atomic E-state index is 5.61. The van der Waals surface area contributed by atoms with Gasteiger partial charge in [-0.1, -0.05) is 35.7 Å². The molecule has 0 aliphatic heterocycles. The Bertz CT molecular complexity index is 85.9. The Kier molecular flexibility index (Phi) is 9.88. The largest absolute Gasteiger partial charge is 0.379 e. The molecule has 0 saturated heterocycles. The van der Waals surface area contributed by atoms with E-state index in [1.165, 1.54) is 32.1 Å². The van der Waals surface area contributed by atoms with E-state index in [4.69, 9.17) is 4.74 Å². The van der Waals surface area contributed by atoms with Crippen LogP contribution < -0.4 is 0 Å². The first-order valence-electron chi connectivity index (χ1n) is 4.98. The molecule has 74 valence electrons. The van der Waals surface area contributed by atoms with Crippen molar-refractivity contribution in [3.8, 4) is 0 Å². The number of unbranched alkanes of at least 4 members (excludes halogenated alkanes) is 2. The molecule has 0 aliphatic carbocycles. The third-order valence-electron chi connectivity index (χ3n) is 1.88. The van der Waals surface area contributed by atoms with Crippen LogP contribution in [-0.2, 0) is 4.74 Å². The Hall–Kier alpha value is 0.440. The van der Waals surface area contributed by atoms with Gasteiger partial charge in [-0.25, -0.2) is 0 Å². The van der Waals surface area contributed by atoms with Gasteiger partial charge in [-0.3, -0.25) is 0 Å². The number of halogens is 1. The Labute approximate surface area is 85.0 Å². The standard InChI is InChI=1S/C10H21BrO/c1-3-7-10(2)12-9-6-4-5-8-11/h10H,3-9H2,1-2H3. The smallest absolute Gasteiger partial charge is 0.0546 e. The van der Waals surface area contributed by atoms with Crippen molar-refractivity contribution in [1.29, 1.82) is 0 Å². The van der Waals surface area contributed by atoms with Crippen LogP contribution in [0, 0.1) is 0 Å². The maximum Gasteiger partial charge on any atom is 0.0546 e. The van der Waals surface area contributed by atoms with Crippen molar-refractivity contribution in [2.24, 2.45) is 0 Å². The molecule has 0 N–H and O–H groups in total. The van der Waals surface area contributed by atoms with Gasteiger partial charge >= 0.3 is 0 Å². The molecule has 0 heterocycles. The lowest BCUT2D eigenvalue weighted by Crippen LogP contribution is -2.08. The summed E-state index contributed by atoms with van der Waals surface area (Å²) in [5, 5.41) is 1.12. The summed E-state index contributed by atoms with van der Waals surface area (Å²) < 4.78 is 5.61. The van der Waals surface area contributed by atoms with Crippen LogP contribution in [0.1, 0.15) is 46.0 Å². The molecular weight excluding hydrogens is 216 g/mol. The number of ether oxygens (including phenoxy) is 1. The summed E-state index contributed by atoms with van der Waals surface area (Å²) in [6.45, 7) is 5.30. The van der Waals surface area contributed by atoms with Crippen LogP contribution >= 0.6 is 15.9 Å². The molecule has 0 radical (unpaired) electrons. The zero-order chi connectivity index (χ0) is 9.23. The Morgan fingerprint density at radius 1 is 1.25 bits per heavy atom. The molecule has 2 heteroatoms. The van der Waals surface area contributed by atoms with Crippen molar-refractivity contribution < 1.29 is 4.74 Å². The summed E-state index contributed by atoms with van der Waals surface area (Å²) in [5.74, 6) is 0. The molecule has 0 spiro atoms. The predicted molar refractivity (Wildman–Crippen MR) is 58.0 cm³/mol. The van der Waals surface area contributed by atoms with Crippen LogP contribution in [0.5, 0.6) is 0 Å². The zero-order valence-corrected chi connectivity index (χ0v) is 9.90. The van der Waals surface area contributed by atoms with Crippen LogP contribution in [-0.4, -0.2) is 18.0 Å². The fourth-order valence-electron chi connectivity index (χ4n) is 1.15. The minimum Gasteiger partial charge on any atom is -0.379 e. The van der Waals surface area contributed by atoms with E-state index in [0.29, 0.717) is 6.10 Å². The van der Waals surface area contributed by atoms with E-state index in [-0.39, 0.29) is 0 Å². The van der Waals surface area contributed by atoms with Crippen LogP contribution in [0.3, 0.4) is 0 Å². The van der Waals surface area contributed by atoms with Gasteiger partial charge in [0.15, 0.2) is 0 Å². The second kappa shape index (κ2) is 9.53. The molecule has 0 saturated carbocycles. The summed E-state index contributed by atoms with van der Waals surface area (Å²) >= 11 is 3.41. The van der Waals surface area contributed by atoms with Gasteiger partial charge < -0.3 is 4.74 Å². The third-order valence-corrected chi connectivity index (χ3v) is 2.44. The van der Waals surface area contributed by atoms with Gasteiger partial charge in [-0.2, -0.15) is 0 Å². The fraction of sp³-hybridized carbons (Fsp3) is 1.00. The second-order valence-electron chi connectivity index (χ2n) is 3.22. The van der Waals surface area contributed by atoms with E-state index in [9.17, 15) is 0 Å². The SMILES string of the molecule is CCCC(C)OCCCCCBr. The zero-order valence-electron chi connectivity index (χ0n) is 8.31. The molecule has 0 amide bonds. The van der Waals surface area contributed by atoms with Crippen LogP contribution in [0.2, 0.25) is 0 Å². The number of alkyl halides is 1. The Morgan fingerprint density at radius 3 is 2.58 bits per heavy atom. The van der Waals surface area contributed by atoms with Gasteiger partial charge in [0, 0.05) is 11.9 Å². The average Bonchev–Trinajstić information content (AvgIpc) is 2.05. The van der Waals surface area contributed by atoms with Crippen LogP contribution in [0.15, 0.2) is 0 Å². The molecule has 0 bridgehead atoms. The number of hydrogen-bond acceptors (Lipinski definition) is 1. The maximum atomic E-state index is 5.61. The highest BCUT2D eigenvalue weighted by Gasteiger charge is 1.98. The first kappa shape index (κ1) is 12.4. The quantitative estimate of drug-likeness (QED) is 0.461. The topological polar surface area (TPSA) is 9.23 Å². The summed E-state index contributed by atoms with van der Waals surface area (Å²) in [6.07, 6.45) is 6.63. The third kappa shape index (κ3) is 8.54. The summed E-state index contributed by atoms with van der Waals surface area (Å²) in [7, 11) is 0. The van der Waals surface area contributed by atoms with E-state index in [2.05, 4.69) is 29.8 Å². The molecule has 0 rings (SSSR count). The first-order valence-corrected chi connectivity index (χ1v) is 6.11. The molecule has 1 atom stereocenters. The molecule has 0 aromatic rings. The van der Waals surface area contributed by atoms with E-state index in [1.807, 2.05) is 0 Å². The highest BCUT2D eigenvalue weighted by molar-refractivity contribution is 9.09. The van der Waals surface area contributed by atoms with Crippen molar-refractivity contribution in [2.45, 2.75) is 52.1 Å². The van der Waals surface area contributed by atoms with E-state index in [0.717, 1.165) is 11.9 Å². The Balaban J connectivity index is 2.97. The van der Waals surface area contributed by atoms with Gasteiger partial charge in [-0.05, 0) is 26.2 Å². The summed E-state index contributed by atoms with van der Waals surface area (Å²) in [6, 6.07) is 0. The highest BCUT2D eigenvalue weighted by atomic mass is 79.9. The fourth-order valence-corrected chi connectivity index (χ4v) is 1.54. The van der Waals surface area contributed by atoms with Crippen molar-refractivity contribution in [3.05, 3.63) is 0 Å². The molecule has 12 heavy (non-hydrogen) atoms. The minimum atomic E-state index is 0.457. The van der Waals surface area contributed by atoms with Gasteiger partial charge in [0.2, 0.25) is 0 Å². The summed E-state index contributed by atoms with van der Waals surface area (Å²) in [4.78, 5) is 0. The van der Waals surface area contributed by atoms with Gasteiger partial charge in [0.05, 0.1) is 6.10 Å². The lowest BCUT2D eigenvalue weighted by molar-refractivity contribution is 0.0573. The molecular formula is C10H21BrO. The van der Waals surface area contributed by atoms with Crippen LogP contribution in [0.25, 0.3) is 0 Å². The molecule has 1 unspecified atom stereocenters. The average molecular weight is 237 g/mol. The highest BCUT2D eigenvalue weighted by Crippen LogP contribution is 2.04. The van der Waals surface area contributed by atoms with E-state index in [1.54, 1.807) is 0 Å². The second-order valence-corrected chi connectivity index (χ2v) is 4.01. The van der Waals surface area contributed by atoms with Gasteiger partial charge in [0.1, 0.15) is 0 Å². The van der Waals surface area contributed by atoms with Crippen molar-refractivity contribution in [2.75, 3.05) is 11.9 Å². The molecule has 0 aromatic carbocycles. The van der Waals surface area contributed by atoms with E-state index < -0.39 is 0 Å². The molecule has 0 aromatic heterocycles. The van der Waals surface area contributed by atoms with Crippen molar-refractivity contribution in [3.63, 3.8) is 0 Å². The summed E-state index contributed by atoms with van der Waals surface area (Å²) in [5.41, 5.74) is 0. The Morgan fingerprint density at radius 2 is 2.00 bits per heavy atom. The molecule has 0 fully saturated rings. The first-order chi connectivity index (χ1) is 5.81. The van der Waals surface area contributed by atoms with Crippen molar-refractivity contribution >= 4 is 15.9 Å². The minimum absolute atomic E-state index is 0.457. The van der Waals surface area contributed by atoms with Gasteiger partial charge in [0.25, 0.3) is 0 Å². The predicted octanol–water partition coefficient (Wildman–Crippen LogP) is 3.76. The van der Waals surface area contributed by atoms with E-state index >= 15 is 0 Å². The lowest BCUT2D eigenvalue weighted by atomic mass is 10.2. The number of hydrogen-bond donors (Lipinski definition) is 0. The molecule has 1 nitrogen and oxygen atoms in total. The number of rotatable bonds is 8. The normalized spacial score (nSPS) is 13.2. The van der Waals surface area contributed by atoms with Gasteiger partial charge in [-0.15, -0.1) is 0 Å². The van der Waals surface area contributed by atoms with Crippen molar-refractivity contribution in [1.82, 2.24) is 0 Å². The van der Waals surface area contributed by atoms with Crippen LogP contribution in [0.4, 0.5) is 0 Å². The monoisotopic (exact) mass is 236 g/mol. The lowest BCUT2D eigenvalue weighted by Gasteiger charge is -2.11.